The second-order valence-electron chi connectivity index (χ2n) is 5.38. The van der Waals surface area contributed by atoms with Gasteiger partial charge in [0.05, 0.1) is 19.3 Å². The quantitative estimate of drug-likeness (QED) is 0.694. The Morgan fingerprint density at radius 1 is 1.35 bits per heavy atom. The Balaban J connectivity index is 1.84. The van der Waals surface area contributed by atoms with Crippen LogP contribution in [0.4, 0.5) is 5.69 Å². The van der Waals surface area contributed by atoms with E-state index in [2.05, 4.69) is 9.83 Å². The highest BCUT2D eigenvalue weighted by molar-refractivity contribution is 6.61. The molecule has 0 bridgehead atoms. The third-order valence-corrected chi connectivity index (χ3v) is 3.28. The standard InChI is InChI=1S/C16H15BN2O4/c1-10(2)22-16-14(18-3)6-7-15(19-16)23-12-4-5-13-11(8-12)9-21-17(13)20/h4-8,10,20H,9H2,1-2H3. The molecule has 1 N–H and O–H groups in total. The lowest BCUT2D eigenvalue weighted by atomic mass is 9.80. The monoisotopic (exact) mass is 310 g/mol. The minimum absolute atomic E-state index is 0.0862. The van der Waals surface area contributed by atoms with Gasteiger partial charge in [-0.2, -0.15) is 4.98 Å². The van der Waals surface area contributed by atoms with E-state index in [4.69, 9.17) is 20.7 Å². The zero-order valence-corrected chi connectivity index (χ0v) is 12.8. The van der Waals surface area contributed by atoms with Crippen molar-refractivity contribution in [2.45, 2.75) is 26.6 Å². The van der Waals surface area contributed by atoms with Crippen LogP contribution in [0.15, 0.2) is 30.3 Å². The fourth-order valence-corrected chi connectivity index (χ4v) is 2.26. The van der Waals surface area contributed by atoms with E-state index >= 15 is 0 Å². The predicted molar refractivity (Wildman–Crippen MR) is 85.2 cm³/mol. The van der Waals surface area contributed by atoms with Gasteiger partial charge >= 0.3 is 7.12 Å². The minimum atomic E-state index is -0.874. The molecule has 1 aromatic heterocycles. The lowest BCUT2D eigenvalue weighted by Crippen LogP contribution is -2.27. The predicted octanol–water partition coefficient (Wildman–Crippen LogP) is 2.43. The van der Waals surface area contributed by atoms with Gasteiger partial charge in [-0.3, -0.25) is 0 Å². The number of pyridine rings is 1. The topological polar surface area (TPSA) is 65.2 Å². The van der Waals surface area contributed by atoms with Crippen molar-refractivity contribution in [3.63, 3.8) is 0 Å². The van der Waals surface area contributed by atoms with Crippen molar-refractivity contribution in [2.24, 2.45) is 0 Å². The summed E-state index contributed by atoms with van der Waals surface area (Å²) in [5.41, 5.74) is 1.97. The normalized spacial score (nSPS) is 12.9. The number of rotatable bonds is 4. The van der Waals surface area contributed by atoms with Gasteiger partial charge in [0.15, 0.2) is 0 Å². The summed E-state index contributed by atoms with van der Waals surface area (Å²) in [6.45, 7) is 11.2. The molecule has 1 aromatic carbocycles. The van der Waals surface area contributed by atoms with Crippen LogP contribution in [-0.2, 0) is 11.3 Å². The van der Waals surface area contributed by atoms with E-state index in [9.17, 15) is 5.02 Å². The van der Waals surface area contributed by atoms with Crippen LogP contribution in [0.1, 0.15) is 19.4 Å². The van der Waals surface area contributed by atoms with E-state index in [-0.39, 0.29) is 12.0 Å². The summed E-state index contributed by atoms with van der Waals surface area (Å²) in [4.78, 5) is 7.64. The first kappa shape index (κ1) is 15.3. The molecule has 0 aliphatic carbocycles. The van der Waals surface area contributed by atoms with Crippen LogP contribution >= 0.6 is 0 Å². The SMILES string of the molecule is [C-]#[N+]c1ccc(Oc2ccc3c(c2)COB3O)nc1OC(C)C. The Kier molecular flexibility index (Phi) is 4.19. The molecule has 1 aliphatic heterocycles. The number of aromatic nitrogens is 1. The number of ether oxygens (including phenoxy) is 2. The molecule has 1 aliphatic rings. The lowest BCUT2D eigenvalue weighted by molar-refractivity contribution is 0.232. The van der Waals surface area contributed by atoms with Crippen LogP contribution in [0.5, 0.6) is 17.5 Å². The highest BCUT2D eigenvalue weighted by Gasteiger charge is 2.27. The van der Waals surface area contributed by atoms with Crippen molar-refractivity contribution in [3.05, 3.63) is 47.3 Å². The van der Waals surface area contributed by atoms with Crippen LogP contribution in [0.3, 0.4) is 0 Å². The Hall–Kier alpha value is -2.56. The summed E-state index contributed by atoms with van der Waals surface area (Å²) >= 11 is 0. The molecule has 2 heterocycles. The largest absolute Gasteiger partial charge is 0.491 e. The molecular formula is C16H15BN2O4. The minimum Gasteiger partial charge on any atom is -0.484 e. The molecular weight excluding hydrogens is 295 g/mol. The summed E-state index contributed by atoms with van der Waals surface area (Å²) in [6, 6.07) is 8.55. The fourth-order valence-electron chi connectivity index (χ4n) is 2.26. The van der Waals surface area contributed by atoms with Crippen molar-refractivity contribution < 1.29 is 19.2 Å². The van der Waals surface area contributed by atoms with E-state index in [1.54, 1.807) is 30.3 Å². The van der Waals surface area contributed by atoms with E-state index in [0.29, 0.717) is 23.9 Å². The van der Waals surface area contributed by atoms with Gasteiger partial charge in [0.25, 0.3) is 0 Å². The number of hydrogen-bond donors (Lipinski definition) is 1. The van der Waals surface area contributed by atoms with E-state index in [0.717, 1.165) is 11.0 Å². The molecule has 0 atom stereocenters. The highest BCUT2D eigenvalue weighted by Crippen LogP contribution is 2.31. The second-order valence-corrected chi connectivity index (χ2v) is 5.38. The number of nitrogens with zero attached hydrogens (tertiary/aromatic N) is 2. The van der Waals surface area contributed by atoms with Crippen molar-refractivity contribution in [3.8, 4) is 17.5 Å². The van der Waals surface area contributed by atoms with Crippen LogP contribution in [0, 0.1) is 6.57 Å². The molecule has 116 valence electrons. The first-order valence-corrected chi connectivity index (χ1v) is 7.22. The Morgan fingerprint density at radius 2 is 2.17 bits per heavy atom. The van der Waals surface area contributed by atoms with Crippen molar-refractivity contribution >= 4 is 18.3 Å². The fraction of sp³-hybridized carbons (Fsp3) is 0.250. The van der Waals surface area contributed by atoms with Crippen LogP contribution in [0.25, 0.3) is 4.85 Å². The molecule has 0 spiro atoms. The average Bonchev–Trinajstić information content (AvgIpc) is 2.88. The molecule has 0 radical (unpaired) electrons. The average molecular weight is 310 g/mol. The van der Waals surface area contributed by atoms with Gasteiger partial charge in [0.2, 0.25) is 17.4 Å². The number of fused-ring (bicyclic) bond motifs is 1. The van der Waals surface area contributed by atoms with Gasteiger partial charge in [-0.25, -0.2) is 4.85 Å². The molecule has 2 aromatic rings. The lowest BCUT2D eigenvalue weighted by Gasteiger charge is -2.12. The molecule has 0 amide bonds. The second kappa shape index (κ2) is 6.28. The molecule has 3 rings (SSSR count). The Bertz CT molecular complexity index is 773. The third-order valence-electron chi connectivity index (χ3n) is 3.28. The van der Waals surface area contributed by atoms with Crippen molar-refractivity contribution in [1.29, 1.82) is 0 Å². The van der Waals surface area contributed by atoms with E-state index < -0.39 is 7.12 Å². The zero-order valence-electron chi connectivity index (χ0n) is 12.8. The van der Waals surface area contributed by atoms with Gasteiger partial charge in [-0.05, 0) is 49.1 Å². The molecule has 23 heavy (non-hydrogen) atoms. The van der Waals surface area contributed by atoms with Crippen LogP contribution in [-0.4, -0.2) is 23.2 Å². The first-order valence-electron chi connectivity index (χ1n) is 7.22. The molecule has 0 fully saturated rings. The zero-order chi connectivity index (χ0) is 16.4. The maximum atomic E-state index is 9.62. The molecule has 0 unspecified atom stereocenters. The third kappa shape index (κ3) is 3.28. The van der Waals surface area contributed by atoms with Gasteiger partial charge < -0.3 is 19.2 Å². The number of hydrogen-bond acceptors (Lipinski definition) is 5. The van der Waals surface area contributed by atoms with Crippen LogP contribution < -0.4 is 14.9 Å². The highest BCUT2D eigenvalue weighted by atomic mass is 16.5. The summed E-state index contributed by atoms with van der Waals surface area (Å²) in [5, 5.41) is 9.62. The summed E-state index contributed by atoms with van der Waals surface area (Å²) < 4.78 is 16.4. The van der Waals surface area contributed by atoms with Crippen molar-refractivity contribution in [2.75, 3.05) is 0 Å². The Labute approximate surface area is 134 Å². The number of benzene rings is 1. The van der Waals surface area contributed by atoms with Crippen LogP contribution in [0.2, 0.25) is 0 Å². The first-order chi connectivity index (χ1) is 11.1. The smallest absolute Gasteiger partial charge is 0.484 e. The van der Waals surface area contributed by atoms with Gasteiger partial charge in [0.1, 0.15) is 5.75 Å². The maximum Gasteiger partial charge on any atom is 0.491 e. The molecule has 7 heteroatoms. The summed E-state index contributed by atoms with van der Waals surface area (Å²) in [7, 11) is -0.874. The Morgan fingerprint density at radius 3 is 2.91 bits per heavy atom. The summed E-state index contributed by atoms with van der Waals surface area (Å²) in [6.07, 6.45) is -0.0862. The molecule has 0 saturated carbocycles. The molecule has 6 nitrogen and oxygen atoms in total. The van der Waals surface area contributed by atoms with Crippen molar-refractivity contribution in [1.82, 2.24) is 4.98 Å². The van der Waals surface area contributed by atoms with Gasteiger partial charge in [0, 0.05) is 0 Å². The van der Waals surface area contributed by atoms with Gasteiger partial charge in [-0.15, -0.1) is 0 Å². The van der Waals surface area contributed by atoms with E-state index in [1.165, 1.54) is 0 Å². The summed E-state index contributed by atoms with van der Waals surface area (Å²) in [5.74, 6) is 1.18. The van der Waals surface area contributed by atoms with Gasteiger partial charge in [-0.1, -0.05) is 6.07 Å². The maximum absolute atomic E-state index is 9.62. The van der Waals surface area contributed by atoms with E-state index in [1.807, 2.05) is 13.8 Å². The molecule has 0 saturated heterocycles.